The van der Waals surface area contributed by atoms with E-state index < -0.39 is 12.1 Å². The van der Waals surface area contributed by atoms with Crippen LogP contribution in [0.25, 0.3) is 0 Å². The maximum absolute atomic E-state index is 12.0. The zero-order valence-corrected chi connectivity index (χ0v) is 29.7. The van der Waals surface area contributed by atoms with Gasteiger partial charge in [0, 0.05) is 19.3 Å². The number of carbonyl (C=O) groups excluding carboxylic acids is 3. The van der Waals surface area contributed by atoms with Crippen LogP contribution >= 0.6 is 0 Å². The van der Waals surface area contributed by atoms with Crippen molar-refractivity contribution in [3.05, 3.63) is 48.6 Å². The van der Waals surface area contributed by atoms with E-state index in [1.165, 1.54) is 83.1 Å². The zero-order valence-electron chi connectivity index (χ0n) is 29.7. The van der Waals surface area contributed by atoms with Crippen molar-refractivity contribution in [1.82, 2.24) is 0 Å². The van der Waals surface area contributed by atoms with Crippen LogP contribution < -0.4 is 0 Å². The van der Waals surface area contributed by atoms with Gasteiger partial charge in [-0.05, 0) is 50.5 Å². The molecule has 0 aliphatic carbocycles. The van der Waals surface area contributed by atoms with Crippen LogP contribution in [0.5, 0.6) is 0 Å². The Balaban J connectivity index is 3.66. The van der Waals surface area contributed by atoms with Crippen LogP contribution in [-0.4, -0.2) is 42.1 Å². The van der Waals surface area contributed by atoms with Crippen molar-refractivity contribution in [3.63, 3.8) is 0 Å². The van der Waals surface area contributed by atoms with E-state index in [0.717, 1.165) is 44.4 Å². The minimum Gasteiger partial charge on any atom is -0.463 e. The van der Waals surface area contributed by atoms with Crippen LogP contribution in [0.2, 0.25) is 0 Å². The molecular weight excluding hydrogens is 576 g/mol. The fourth-order valence-electron chi connectivity index (χ4n) is 4.87. The highest BCUT2D eigenvalue weighted by atomic mass is 16.6. The van der Waals surface area contributed by atoms with Gasteiger partial charge >= 0.3 is 11.9 Å². The van der Waals surface area contributed by atoms with Gasteiger partial charge in [-0.15, -0.1) is 0 Å². The van der Waals surface area contributed by atoms with Crippen LogP contribution in [0.3, 0.4) is 0 Å². The molecule has 0 unspecified atom stereocenters. The fraction of sp³-hybridized carbons (Fsp3) is 0.725. The van der Waals surface area contributed by atoms with Crippen molar-refractivity contribution in [2.75, 3.05) is 13.2 Å². The molecule has 1 N–H and O–H groups in total. The van der Waals surface area contributed by atoms with Gasteiger partial charge in [-0.1, -0.05) is 147 Å². The molecule has 0 heterocycles. The molecule has 6 heteroatoms. The number of unbranched alkanes of at least 4 members (excludes halogenated alkanes) is 13. The Kier molecular flexibility index (Phi) is 32.1. The Morgan fingerprint density at radius 3 is 1.70 bits per heavy atom. The Hall–Kier alpha value is -2.47. The van der Waals surface area contributed by atoms with E-state index in [-0.39, 0.29) is 37.8 Å². The first kappa shape index (κ1) is 43.5. The maximum atomic E-state index is 12.0. The van der Waals surface area contributed by atoms with Gasteiger partial charge < -0.3 is 14.6 Å². The van der Waals surface area contributed by atoms with E-state index in [4.69, 9.17) is 9.47 Å². The smallest absolute Gasteiger partial charge is 0.305 e. The number of allylic oxidation sites excluding steroid dienone is 8. The number of aliphatic hydroxyl groups excluding tert-OH is 1. The number of ether oxygens (including phenoxy) is 2. The molecule has 0 aromatic carbocycles. The number of carbonyl (C=O) groups is 3. The maximum Gasteiger partial charge on any atom is 0.305 e. The second-order valence-electron chi connectivity index (χ2n) is 12.9. The molecule has 0 aliphatic heterocycles. The van der Waals surface area contributed by atoms with Crippen molar-refractivity contribution < 1.29 is 29.0 Å². The van der Waals surface area contributed by atoms with Crippen LogP contribution in [0.1, 0.15) is 162 Å². The lowest BCUT2D eigenvalue weighted by atomic mass is 10.0. The molecule has 0 aliphatic rings. The summed E-state index contributed by atoms with van der Waals surface area (Å²) in [5.41, 5.74) is 0. The minimum atomic E-state index is -1.05. The Morgan fingerprint density at radius 1 is 0.587 bits per heavy atom. The first-order valence-corrected chi connectivity index (χ1v) is 18.5. The predicted octanol–water partition coefficient (Wildman–Crippen LogP) is 10.5. The normalized spacial score (nSPS) is 12.7. The standard InChI is InChI=1S/C40H68O6/c1-4-5-6-7-8-9-10-11-14-17-20-23-26-30-37(41)31-28-33-40(44)46-35-38(42)34-45-39(43)32-27-24-21-18-15-12-13-16-19-22-25-29-36(2)3/h8-9,11,14,20,23,26,30,36,38,42H,4-7,10,12-13,15-19,21-22,24-25,27-29,31-35H2,1-3H3/b9-8-,14-11-,23-20-,30-26+/t38-/m0/s1. The second kappa shape index (κ2) is 33.9. The quantitative estimate of drug-likeness (QED) is 0.0258. The molecule has 0 fully saturated rings. The van der Waals surface area contributed by atoms with Crippen LogP contribution in [0, 0.1) is 5.92 Å². The van der Waals surface area contributed by atoms with E-state index in [2.05, 4.69) is 45.1 Å². The van der Waals surface area contributed by atoms with Crippen molar-refractivity contribution in [1.29, 1.82) is 0 Å². The molecule has 0 rings (SSSR count). The molecule has 0 aromatic rings. The third kappa shape index (κ3) is 34.4. The second-order valence-corrected chi connectivity index (χ2v) is 12.9. The number of ketones is 1. The Bertz CT molecular complexity index is 854. The summed E-state index contributed by atoms with van der Waals surface area (Å²) in [5, 5.41) is 9.97. The number of esters is 2. The summed E-state index contributed by atoms with van der Waals surface area (Å²) in [5.74, 6) is -0.0388. The Labute approximate surface area is 282 Å². The molecule has 0 spiro atoms. The first-order chi connectivity index (χ1) is 22.3. The number of hydrogen-bond acceptors (Lipinski definition) is 6. The number of rotatable bonds is 32. The molecule has 264 valence electrons. The van der Waals surface area contributed by atoms with Gasteiger partial charge in [0.05, 0.1) is 0 Å². The van der Waals surface area contributed by atoms with E-state index in [1.54, 1.807) is 6.08 Å². The van der Waals surface area contributed by atoms with Crippen LogP contribution in [-0.2, 0) is 23.9 Å². The highest BCUT2D eigenvalue weighted by Gasteiger charge is 2.12. The number of hydrogen-bond donors (Lipinski definition) is 1. The van der Waals surface area contributed by atoms with E-state index in [1.807, 2.05) is 12.2 Å². The summed E-state index contributed by atoms with van der Waals surface area (Å²) < 4.78 is 10.2. The van der Waals surface area contributed by atoms with E-state index in [0.29, 0.717) is 12.8 Å². The van der Waals surface area contributed by atoms with Gasteiger partial charge in [0.1, 0.15) is 19.3 Å². The van der Waals surface area contributed by atoms with E-state index >= 15 is 0 Å². The lowest BCUT2D eigenvalue weighted by Crippen LogP contribution is -2.25. The molecule has 6 nitrogen and oxygen atoms in total. The molecule has 46 heavy (non-hydrogen) atoms. The largest absolute Gasteiger partial charge is 0.463 e. The summed E-state index contributed by atoms with van der Waals surface area (Å²) in [6.45, 7) is 6.38. The van der Waals surface area contributed by atoms with Crippen molar-refractivity contribution in [3.8, 4) is 0 Å². The molecular formula is C40H68O6. The van der Waals surface area contributed by atoms with E-state index in [9.17, 15) is 19.5 Å². The first-order valence-electron chi connectivity index (χ1n) is 18.5. The lowest BCUT2D eigenvalue weighted by molar-refractivity contribution is -0.152. The molecule has 0 bridgehead atoms. The SMILES string of the molecule is CCCCC/C=C\C/C=C\C/C=C\C=C\C(=O)CCCC(=O)OC[C@@H](O)COC(=O)CCCCCCCCCCCCCC(C)C. The zero-order chi connectivity index (χ0) is 33.9. The fourth-order valence-corrected chi connectivity index (χ4v) is 4.87. The summed E-state index contributed by atoms with van der Waals surface area (Å²) in [4.78, 5) is 35.8. The van der Waals surface area contributed by atoms with Gasteiger partial charge in [-0.3, -0.25) is 14.4 Å². The van der Waals surface area contributed by atoms with Crippen molar-refractivity contribution >= 4 is 17.7 Å². The molecule has 0 amide bonds. The third-order valence-electron chi connectivity index (χ3n) is 7.72. The molecule has 0 saturated carbocycles. The average molecular weight is 645 g/mol. The van der Waals surface area contributed by atoms with Crippen LogP contribution in [0.15, 0.2) is 48.6 Å². The molecule has 0 aromatic heterocycles. The van der Waals surface area contributed by atoms with Crippen LogP contribution in [0.4, 0.5) is 0 Å². The van der Waals surface area contributed by atoms with Gasteiger partial charge in [0.2, 0.25) is 0 Å². The monoisotopic (exact) mass is 645 g/mol. The average Bonchev–Trinajstić information content (AvgIpc) is 3.03. The number of aliphatic hydroxyl groups is 1. The summed E-state index contributed by atoms with van der Waals surface area (Å²) >= 11 is 0. The van der Waals surface area contributed by atoms with Gasteiger partial charge in [-0.25, -0.2) is 0 Å². The topological polar surface area (TPSA) is 89.9 Å². The predicted molar refractivity (Wildman–Crippen MR) is 192 cm³/mol. The molecule has 0 saturated heterocycles. The highest BCUT2D eigenvalue weighted by Crippen LogP contribution is 2.14. The highest BCUT2D eigenvalue weighted by molar-refractivity contribution is 5.90. The van der Waals surface area contributed by atoms with Gasteiger partial charge in [0.15, 0.2) is 5.78 Å². The Morgan fingerprint density at radius 2 is 1.11 bits per heavy atom. The van der Waals surface area contributed by atoms with Crippen molar-refractivity contribution in [2.24, 2.45) is 5.92 Å². The third-order valence-corrected chi connectivity index (χ3v) is 7.72. The lowest BCUT2D eigenvalue weighted by Gasteiger charge is -2.12. The van der Waals surface area contributed by atoms with Gasteiger partial charge in [-0.2, -0.15) is 0 Å². The summed E-state index contributed by atoms with van der Waals surface area (Å²) in [6, 6.07) is 0. The minimum absolute atomic E-state index is 0.0496. The summed E-state index contributed by atoms with van der Waals surface area (Å²) in [7, 11) is 0. The summed E-state index contributed by atoms with van der Waals surface area (Å²) in [6.07, 6.45) is 37.4. The molecule has 0 radical (unpaired) electrons. The van der Waals surface area contributed by atoms with Gasteiger partial charge in [0.25, 0.3) is 0 Å². The van der Waals surface area contributed by atoms with Crippen molar-refractivity contribution in [2.45, 2.75) is 168 Å². The molecule has 1 atom stereocenters.